The fraction of sp³-hybridized carbons (Fsp3) is 0.286. The Morgan fingerprint density at radius 1 is 1.00 bits per heavy atom. The van der Waals surface area contributed by atoms with Crippen molar-refractivity contribution >= 4 is 40.9 Å². The topological polar surface area (TPSA) is 96.5 Å². The van der Waals surface area contributed by atoms with E-state index in [2.05, 4.69) is 16.0 Å². The Bertz CT molecular complexity index is 871. The number of carbonyl (C=O) groups is 3. The lowest BCUT2D eigenvalue weighted by molar-refractivity contribution is -0.150. The first-order valence-corrected chi connectivity index (χ1v) is 9.50. The van der Waals surface area contributed by atoms with E-state index in [1.165, 1.54) is 0 Å². The molecule has 0 fully saturated rings. The molecule has 2 aromatic carbocycles. The molecule has 8 heteroatoms. The SMILES string of the molecule is Cc1c(Cl)cccc1NC(=O)COC(=O)[C@H](NC(=O)Nc1ccccc1)C(C)C. The van der Waals surface area contributed by atoms with Gasteiger partial charge in [0.1, 0.15) is 6.04 Å². The number of nitrogens with one attached hydrogen (secondary N) is 3. The van der Waals surface area contributed by atoms with Crippen LogP contribution in [0.5, 0.6) is 0 Å². The van der Waals surface area contributed by atoms with E-state index in [0.717, 1.165) is 0 Å². The summed E-state index contributed by atoms with van der Waals surface area (Å²) in [6.45, 7) is 4.83. The van der Waals surface area contributed by atoms with E-state index < -0.39 is 30.6 Å². The maximum Gasteiger partial charge on any atom is 0.329 e. The van der Waals surface area contributed by atoms with Crippen LogP contribution in [0.15, 0.2) is 48.5 Å². The molecule has 0 bridgehead atoms. The van der Waals surface area contributed by atoms with Gasteiger partial charge in [-0.15, -0.1) is 0 Å². The number of ether oxygens (including phenoxy) is 1. The van der Waals surface area contributed by atoms with Crippen molar-refractivity contribution in [2.75, 3.05) is 17.2 Å². The lowest BCUT2D eigenvalue weighted by Crippen LogP contribution is -2.47. The molecule has 0 radical (unpaired) electrons. The van der Waals surface area contributed by atoms with Gasteiger partial charge in [-0.25, -0.2) is 9.59 Å². The van der Waals surface area contributed by atoms with Crippen molar-refractivity contribution in [3.8, 4) is 0 Å². The third-order valence-corrected chi connectivity index (χ3v) is 4.54. The van der Waals surface area contributed by atoms with E-state index in [9.17, 15) is 14.4 Å². The summed E-state index contributed by atoms with van der Waals surface area (Å²) < 4.78 is 5.09. The molecule has 7 nitrogen and oxygen atoms in total. The van der Waals surface area contributed by atoms with Gasteiger partial charge in [-0.05, 0) is 42.7 Å². The van der Waals surface area contributed by atoms with Crippen molar-refractivity contribution in [1.82, 2.24) is 5.32 Å². The second-order valence-corrected chi connectivity index (χ2v) is 7.16. The molecule has 0 aliphatic heterocycles. The van der Waals surface area contributed by atoms with Gasteiger partial charge in [-0.1, -0.05) is 49.7 Å². The van der Waals surface area contributed by atoms with Gasteiger partial charge in [-0.2, -0.15) is 0 Å². The third-order valence-electron chi connectivity index (χ3n) is 4.13. The van der Waals surface area contributed by atoms with E-state index >= 15 is 0 Å². The fourth-order valence-electron chi connectivity index (χ4n) is 2.48. The van der Waals surface area contributed by atoms with Crippen molar-refractivity contribution in [3.63, 3.8) is 0 Å². The molecule has 0 aromatic heterocycles. The van der Waals surface area contributed by atoms with Gasteiger partial charge >= 0.3 is 12.0 Å². The summed E-state index contributed by atoms with van der Waals surface area (Å²) in [5, 5.41) is 8.39. The summed E-state index contributed by atoms with van der Waals surface area (Å²) in [4.78, 5) is 36.6. The highest BCUT2D eigenvalue weighted by molar-refractivity contribution is 6.31. The van der Waals surface area contributed by atoms with Crippen molar-refractivity contribution in [3.05, 3.63) is 59.1 Å². The number of hydrogen-bond acceptors (Lipinski definition) is 4. The van der Waals surface area contributed by atoms with Crippen LogP contribution in [0.2, 0.25) is 5.02 Å². The molecular formula is C21H24ClN3O4. The van der Waals surface area contributed by atoms with Crippen LogP contribution in [0.25, 0.3) is 0 Å². The molecule has 0 aliphatic carbocycles. The Kier molecular flexibility index (Phi) is 8.03. The van der Waals surface area contributed by atoms with Crippen molar-refractivity contribution in [2.45, 2.75) is 26.8 Å². The molecule has 0 aliphatic rings. The van der Waals surface area contributed by atoms with Crippen LogP contribution in [0.1, 0.15) is 19.4 Å². The van der Waals surface area contributed by atoms with Gasteiger partial charge in [0.15, 0.2) is 6.61 Å². The maximum atomic E-state index is 12.4. The highest BCUT2D eigenvalue weighted by Gasteiger charge is 2.26. The lowest BCUT2D eigenvalue weighted by atomic mass is 10.1. The van der Waals surface area contributed by atoms with Crippen LogP contribution in [0, 0.1) is 12.8 Å². The molecule has 0 saturated carbocycles. The summed E-state index contributed by atoms with van der Waals surface area (Å²) in [6.07, 6.45) is 0. The summed E-state index contributed by atoms with van der Waals surface area (Å²) in [7, 11) is 0. The number of urea groups is 1. The van der Waals surface area contributed by atoms with Crippen LogP contribution in [0.4, 0.5) is 16.2 Å². The minimum atomic E-state index is -0.903. The summed E-state index contributed by atoms with van der Waals surface area (Å²) in [6, 6.07) is 12.5. The first-order chi connectivity index (χ1) is 13.8. The minimum absolute atomic E-state index is 0.234. The Morgan fingerprint density at radius 2 is 1.69 bits per heavy atom. The average molecular weight is 418 g/mol. The number of carbonyl (C=O) groups excluding carboxylic acids is 3. The number of halogens is 1. The highest BCUT2D eigenvalue weighted by atomic mass is 35.5. The Balaban J connectivity index is 1.89. The maximum absolute atomic E-state index is 12.4. The molecular weight excluding hydrogens is 394 g/mol. The number of para-hydroxylation sites is 1. The number of anilines is 2. The van der Waals surface area contributed by atoms with Crippen LogP contribution in [0.3, 0.4) is 0 Å². The van der Waals surface area contributed by atoms with Gasteiger partial charge in [0, 0.05) is 16.4 Å². The molecule has 2 aromatic rings. The van der Waals surface area contributed by atoms with Crippen molar-refractivity contribution < 1.29 is 19.1 Å². The molecule has 0 unspecified atom stereocenters. The third kappa shape index (κ3) is 6.80. The number of hydrogen-bond donors (Lipinski definition) is 3. The fourth-order valence-corrected chi connectivity index (χ4v) is 2.66. The van der Waals surface area contributed by atoms with Crippen LogP contribution in [-0.2, 0) is 14.3 Å². The van der Waals surface area contributed by atoms with Gasteiger partial charge in [0.2, 0.25) is 0 Å². The molecule has 0 spiro atoms. The quantitative estimate of drug-likeness (QED) is 0.593. The van der Waals surface area contributed by atoms with Gasteiger partial charge in [-0.3, -0.25) is 4.79 Å². The smallest absolute Gasteiger partial charge is 0.329 e. The molecule has 1 atom stereocenters. The standard InChI is InChI=1S/C21H24ClN3O4/c1-13(2)19(25-21(28)23-15-8-5-4-6-9-15)20(27)29-12-18(26)24-17-11-7-10-16(22)14(17)3/h4-11,13,19H,12H2,1-3H3,(H,24,26)(H2,23,25,28)/t19-/m1/s1. The number of benzene rings is 2. The van der Waals surface area contributed by atoms with Crippen molar-refractivity contribution in [1.29, 1.82) is 0 Å². The van der Waals surface area contributed by atoms with Crippen LogP contribution >= 0.6 is 11.6 Å². The molecule has 0 heterocycles. The summed E-state index contributed by atoms with van der Waals surface area (Å²) in [5.74, 6) is -1.43. The molecule has 154 valence electrons. The molecule has 0 saturated heterocycles. The van der Waals surface area contributed by atoms with E-state index in [1.807, 2.05) is 6.07 Å². The van der Waals surface area contributed by atoms with Crippen LogP contribution in [-0.4, -0.2) is 30.6 Å². The predicted octanol–water partition coefficient (Wildman–Crippen LogP) is 3.98. The molecule has 3 N–H and O–H groups in total. The predicted molar refractivity (Wildman–Crippen MR) is 113 cm³/mol. The normalized spacial score (nSPS) is 11.5. The minimum Gasteiger partial charge on any atom is -0.454 e. The zero-order chi connectivity index (χ0) is 21.4. The van der Waals surface area contributed by atoms with E-state index in [4.69, 9.17) is 16.3 Å². The van der Waals surface area contributed by atoms with E-state index in [1.54, 1.807) is 63.2 Å². The highest BCUT2D eigenvalue weighted by Crippen LogP contribution is 2.22. The Morgan fingerprint density at radius 3 is 2.34 bits per heavy atom. The first-order valence-electron chi connectivity index (χ1n) is 9.12. The zero-order valence-corrected chi connectivity index (χ0v) is 17.2. The largest absolute Gasteiger partial charge is 0.454 e. The number of amides is 3. The molecule has 2 rings (SSSR count). The molecule has 29 heavy (non-hydrogen) atoms. The second kappa shape index (κ2) is 10.5. The van der Waals surface area contributed by atoms with Crippen molar-refractivity contribution in [2.24, 2.45) is 5.92 Å². The van der Waals surface area contributed by atoms with Gasteiger partial charge in [0.05, 0.1) is 0 Å². The monoisotopic (exact) mass is 417 g/mol. The zero-order valence-electron chi connectivity index (χ0n) is 16.5. The number of rotatable bonds is 7. The molecule has 3 amide bonds. The van der Waals surface area contributed by atoms with Gasteiger partial charge < -0.3 is 20.7 Å². The Labute approximate surface area is 174 Å². The Hall–Kier alpha value is -3.06. The van der Waals surface area contributed by atoms with Crippen LogP contribution < -0.4 is 16.0 Å². The van der Waals surface area contributed by atoms with Gasteiger partial charge in [0.25, 0.3) is 5.91 Å². The first kappa shape index (κ1) is 22.2. The lowest BCUT2D eigenvalue weighted by Gasteiger charge is -2.21. The summed E-state index contributed by atoms with van der Waals surface area (Å²) >= 11 is 6.02. The second-order valence-electron chi connectivity index (χ2n) is 6.75. The van der Waals surface area contributed by atoms with E-state index in [-0.39, 0.29) is 5.92 Å². The average Bonchev–Trinajstić information content (AvgIpc) is 2.68. The van der Waals surface area contributed by atoms with E-state index in [0.29, 0.717) is 22.0 Å². The number of esters is 1. The summed E-state index contributed by atoms with van der Waals surface area (Å²) in [5.41, 5.74) is 1.85.